The van der Waals surface area contributed by atoms with Gasteiger partial charge in [0, 0.05) is 6.54 Å². The van der Waals surface area contributed by atoms with Crippen LogP contribution in [0.4, 0.5) is 0 Å². The van der Waals surface area contributed by atoms with E-state index in [9.17, 15) is 9.90 Å². The van der Waals surface area contributed by atoms with Gasteiger partial charge in [-0.2, -0.15) is 0 Å². The minimum atomic E-state index is -0.0934. The molecule has 1 aliphatic heterocycles. The lowest BCUT2D eigenvalue weighted by Gasteiger charge is -2.23. The van der Waals surface area contributed by atoms with Crippen molar-refractivity contribution in [3.05, 3.63) is 23.8 Å². The molecule has 1 aromatic carbocycles. The van der Waals surface area contributed by atoms with E-state index in [2.05, 4.69) is 0 Å². The first-order valence-corrected chi connectivity index (χ1v) is 6.83. The number of aryl methyl sites for hydroxylation is 1. The molecule has 1 aliphatic rings. The molecule has 0 saturated carbocycles. The summed E-state index contributed by atoms with van der Waals surface area (Å²) in [6.07, 6.45) is 1.79. The van der Waals surface area contributed by atoms with E-state index in [0.717, 1.165) is 18.4 Å². The van der Waals surface area contributed by atoms with E-state index in [4.69, 9.17) is 9.47 Å². The Morgan fingerprint density at radius 3 is 2.95 bits per heavy atom. The predicted octanol–water partition coefficient (Wildman–Crippen LogP) is 1.37. The molecule has 1 heterocycles. The molecule has 1 N–H and O–H groups in total. The zero-order chi connectivity index (χ0) is 14.5. The van der Waals surface area contributed by atoms with Gasteiger partial charge in [0.1, 0.15) is 0 Å². The molecule has 0 radical (unpaired) electrons. The van der Waals surface area contributed by atoms with Crippen LogP contribution in [0.15, 0.2) is 18.2 Å². The van der Waals surface area contributed by atoms with Gasteiger partial charge in [0.25, 0.3) is 5.91 Å². The molecule has 0 aromatic heterocycles. The number of likely N-dealkylation sites (tertiary alicyclic amines) is 1. The van der Waals surface area contributed by atoms with Gasteiger partial charge < -0.3 is 19.5 Å². The highest BCUT2D eigenvalue weighted by atomic mass is 16.5. The molecule has 1 atom stereocenters. The number of nitrogens with zero attached hydrogens (tertiary/aromatic N) is 1. The number of ether oxygens (including phenoxy) is 2. The first kappa shape index (κ1) is 14.7. The first-order valence-electron chi connectivity index (χ1n) is 6.83. The van der Waals surface area contributed by atoms with Crippen molar-refractivity contribution in [3.63, 3.8) is 0 Å². The summed E-state index contributed by atoms with van der Waals surface area (Å²) in [5, 5.41) is 9.23. The van der Waals surface area contributed by atoms with Crippen LogP contribution in [0.2, 0.25) is 0 Å². The molecule has 1 saturated heterocycles. The average Bonchev–Trinajstić information content (AvgIpc) is 2.94. The Hall–Kier alpha value is -1.75. The van der Waals surface area contributed by atoms with Crippen molar-refractivity contribution in [2.45, 2.75) is 25.8 Å². The monoisotopic (exact) mass is 279 g/mol. The number of carbonyl (C=O) groups excluding carboxylic acids is 1. The summed E-state index contributed by atoms with van der Waals surface area (Å²) in [7, 11) is 1.58. The van der Waals surface area contributed by atoms with Crippen molar-refractivity contribution in [1.82, 2.24) is 4.90 Å². The van der Waals surface area contributed by atoms with Crippen LogP contribution < -0.4 is 9.47 Å². The molecule has 1 aromatic rings. The Labute approximate surface area is 119 Å². The van der Waals surface area contributed by atoms with Crippen LogP contribution in [0.3, 0.4) is 0 Å². The Balaban J connectivity index is 1.96. The molecule has 1 amide bonds. The van der Waals surface area contributed by atoms with Crippen LogP contribution in [0.25, 0.3) is 0 Å². The van der Waals surface area contributed by atoms with E-state index in [1.807, 2.05) is 19.1 Å². The molecular weight excluding hydrogens is 258 g/mol. The van der Waals surface area contributed by atoms with Crippen molar-refractivity contribution in [3.8, 4) is 11.5 Å². The standard InChI is InChI=1S/C15H21NO4/c1-11-5-6-13(14(8-11)19-2)20-10-15(18)16-7-3-4-12(16)9-17/h5-6,8,12,17H,3-4,7,9-10H2,1-2H3. The summed E-state index contributed by atoms with van der Waals surface area (Å²) in [5.41, 5.74) is 1.07. The van der Waals surface area contributed by atoms with E-state index < -0.39 is 0 Å². The highest BCUT2D eigenvalue weighted by Gasteiger charge is 2.28. The molecule has 0 bridgehead atoms. The normalized spacial score (nSPS) is 18.1. The van der Waals surface area contributed by atoms with Crippen molar-refractivity contribution >= 4 is 5.91 Å². The van der Waals surface area contributed by atoms with E-state index in [0.29, 0.717) is 18.0 Å². The molecule has 5 nitrogen and oxygen atoms in total. The predicted molar refractivity (Wildman–Crippen MR) is 75.0 cm³/mol. The van der Waals surface area contributed by atoms with Gasteiger partial charge in [0.15, 0.2) is 18.1 Å². The van der Waals surface area contributed by atoms with Gasteiger partial charge in [-0.05, 0) is 37.5 Å². The maximum absolute atomic E-state index is 12.1. The highest BCUT2D eigenvalue weighted by molar-refractivity contribution is 5.78. The van der Waals surface area contributed by atoms with Crippen molar-refractivity contribution in [2.24, 2.45) is 0 Å². The van der Waals surface area contributed by atoms with Crippen molar-refractivity contribution in [1.29, 1.82) is 0 Å². The van der Waals surface area contributed by atoms with Crippen LogP contribution >= 0.6 is 0 Å². The van der Waals surface area contributed by atoms with Crippen LogP contribution in [-0.4, -0.2) is 48.8 Å². The van der Waals surface area contributed by atoms with Gasteiger partial charge in [-0.15, -0.1) is 0 Å². The number of benzene rings is 1. The third kappa shape index (κ3) is 3.22. The highest BCUT2D eigenvalue weighted by Crippen LogP contribution is 2.28. The molecule has 1 fully saturated rings. The molecule has 20 heavy (non-hydrogen) atoms. The smallest absolute Gasteiger partial charge is 0.260 e. The van der Waals surface area contributed by atoms with E-state index >= 15 is 0 Å². The summed E-state index contributed by atoms with van der Waals surface area (Å²) < 4.78 is 10.8. The number of hydrogen-bond donors (Lipinski definition) is 1. The quantitative estimate of drug-likeness (QED) is 0.884. The van der Waals surface area contributed by atoms with Gasteiger partial charge in [0.2, 0.25) is 0 Å². The number of aliphatic hydroxyl groups excluding tert-OH is 1. The topological polar surface area (TPSA) is 59.0 Å². The number of rotatable bonds is 5. The fourth-order valence-corrected chi connectivity index (χ4v) is 2.47. The van der Waals surface area contributed by atoms with Crippen LogP contribution in [-0.2, 0) is 4.79 Å². The van der Waals surface area contributed by atoms with Crippen molar-refractivity contribution < 1.29 is 19.4 Å². The number of methoxy groups -OCH3 is 1. The lowest BCUT2D eigenvalue weighted by molar-refractivity contribution is -0.134. The van der Waals surface area contributed by atoms with Crippen LogP contribution in [0.1, 0.15) is 18.4 Å². The second-order valence-electron chi connectivity index (χ2n) is 5.01. The molecule has 1 unspecified atom stereocenters. The molecule has 0 aliphatic carbocycles. The fourth-order valence-electron chi connectivity index (χ4n) is 2.47. The van der Waals surface area contributed by atoms with Gasteiger partial charge >= 0.3 is 0 Å². The molecule has 5 heteroatoms. The summed E-state index contributed by atoms with van der Waals surface area (Å²) in [4.78, 5) is 13.8. The van der Waals surface area contributed by atoms with Crippen molar-refractivity contribution in [2.75, 3.05) is 26.9 Å². The molecular formula is C15H21NO4. The summed E-state index contributed by atoms with van der Waals surface area (Å²) in [6.45, 7) is 2.64. The average molecular weight is 279 g/mol. The zero-order valence-corrected chi connectivity index (χ0v) is 12.0. The SMILES string of the molecule is COc1cc(C)ccc1OCC(=O)N1CCCC1CO. The minimum absolute atomic E-state index is 0.0135. The summed E-state index contributed by atoms with van der Waals surface area (Å²) >= 11 is 0. The van der Waals surface area contributed by atoms with E-state index in [1.165, 1.54) is 0 Å². The summed E-state index contributed by atoms with van der Waals surface area (Å²) in [5.74, 6) is 1.09. The third-order valence-electron chi connectivity index (χ3n) is 3.58. The molecule has 110 valence electrons. The second-order valence-corrected chi connectivity index (χ2v) is 5.01. The summed E-state index contributed by atoms with van der Waals surface area (Å²) in [6, 6.07) is 5.52. The lowest BCUT2D eigenvalue weighted by Crippen LogP contribution is -2.40. The fraction of sp³-hybridized carbons (Fsp3) is 0.533. The molecule has 0 spiro atoms. The van der Waals surface area contributed by atoms with E-state index in [1.54, 1.807) is 18.1 Å². The van der Waals surface area contributed by atoms with E-state index in [-0.39, 0.29) is 25.2 Å². The first-order chi connectivity index (χ1) is 9.65. The third-order valence-corrected chi connectivity index (χ3v) is 3.58. The number of amides is 1. The van der Waals surface area contributed by atoms with Gasteiger partial charge in [-0.3, -0.25) is 4.79 Å². The number of hydrogen-bond acceptors (Lipinski definition) is 4. The van der Waals surface area contributed by atoms with Gasteiger partial charge in [-0.25, -0.2) is 0 Å². The lowest BCUT2D eigenvalue weighted by atomic mass is 10.2. The number of carbonyl (C=O) groups is 1. The maximum Gasteiger partial charge on any atom is 0.260 e. The Morgan fingerprint density at radius 1 is 1.45 bits per heavy atom. The second kappa shape index (κ2) is 6.61. The Morgan fingerprint density at radius 2 is 2.25 bits per heavy atom. The van der Waals surface area contributed by atoms with Crippen LogP contribution in [0, 0.1) is 6.92 Å². The maximum atomic E-state index is 12.1. The van der Waals surface area contributed by atoms with Crippen LogP contribution in [0.5, 0.6) is 11.5 Å². The van der Waals surface area contributed by atoms with Gasteiger partial charge in [0.05, 0.1) is 19.8 Å². The zero-order valence-electron chi connectivity index (χ0n) is 12.0. The Bertz CT molecular complexity index is 475. The van der Waals surface area contributed by atoms with Gasteiger partial charge in [-0.1, -0.05) is 6.07 Å². The number of aliphatic hydroxyl groups is 1. The molecule has 2 rings (SSSR count). The minimum Gasteiger partial charge on any atom is -0.493 e. The Kier molecular flexibility index (Phi) is 4.84. The largest absolute Gasteiger partial charge is 0.493 e.